The fourth-order valence-electron chi connectivity index (χ4n) is 2.78. The number of rotatable bonds is 4. The van der Waals surface area contributed by atoms with Crippen LogP contribution in [0.1, 0.15) is 30.0 Å². The van der Waals surface area contributed by atoms with Crippen LogP contribution in [-0.4, -0.2) is 18.1 Å². The highest BCUT2D eigenvalue weighted by molar-refractivity contribution is 5.27. The Kier molecular flexibility index (Phi) is 4.46. The fraction of sp³-hybridized carbons (Fsp3) is 0.353. The summed E-state index contributed by atoms with van der Waals surface area (Å²) in [5, 5.41) is 3.37. The van der Waals surface area contributed by atoms with E-state index in [0.29, 0.717) is 12.5 Å². The molecule has 1 N–H and O–H groups in total. The van der Waals surface area contributed by atoms with Crippen molar-refractivity contribution in [3.8, 4) is 5.75 Å². The Morgan fingerprint density at radius 3 is 2.76 bits per heavy atom. The van der Waals surface area contributed by atoms with Crippen LogP contribution in [0.15, 0.2) is 42.6 Å². The summed E-state index contributed by atoms with van der Waals surface area (Å²) in [6.07, 6.45) is 3.99. The van der Waals surface area contributed by atoms with Crippen LogP contribution < -0.4 is 10.1 Å². The molecule has 1 fully saturated rings. The number of halogens is 1. The number of pyridine rings is 1. The fourth-order valence-corrected chi connectivity index (χ4v) is 2.78. The standard InChI is InChI=1S/C17H19FN2O/c18-15-5-1-2-6-17(15)21-12-16-14(4-3-9-20-16)13-7-10-19-11-8-13/h1-6,9,13,19H,7-8,10-12H2. The van der Waals surface area contributed by atoms with Crippen LogP contribution in [0.3, 0.4) is 0 Å². The highest BCUT2D eigenvalue weighted by Gasteiger charge is 2.19. The Bertz CT molecular complexity index is 597. The van der Waals surface area contributed by atoms with E-state index in [4.69, 9.17) is 4.74 Å². The molecule has 0 unspecified atom stereocenters. The number of nitrogens with zero attached hydrogens (tertiary/aromatic N) is 1. The van der Waals surface area contributed by atoms with Crippen molar-refractivity contribution in [3.63, 3.8) is 0 Å². The van der Waals surface area contributed by atoms with Crippen LogP contribution in [0, 0.1) is 5.82 Å². The van der Waals surface area contributed by atoms with E-state index in [2.05, 4.69) is 16.4 Å². The van der Waals surface area contributed by atoms with Gasteiger partial charge < -0.3 is 10.1 Å². The predicted octanol–water partition coefficient (Wildman–Crippen LogP) is 3.27. The zero-order chi connectivity index (χ0) is 14.5. The van der Waals surface area contributed by atoms with Crippen LogP contribution in [0.2, 0.25) is 0 Å². The second-order valence-electron chi connectivity index (χ2n) is 5.28. The van der Waals surface area contributed by atoms with Crippen LogP contribution in [-0.2, 0) is 6.61 Å². The molecule has 0 atom stereocenters. The lowest BCUT2D eigenvalue weighted by molar-refractivity contribution is 0.283. The molecule has 1 aromatic carbocycles. The predicted molar refractivity (Wildman–Crippen MR) is 79.8 cm³/mol. The molecule has 2 aromatic rings. The Morgan fingerprint density at radius 2 is 1.95 bits per heavy atom. The van der Waals surface area contributed by atoms with Crippen LogP contribution >= 0.6 is 0 Å². The van der Waals surface area contributed by atoms with Crippen molar-refractivity contribution in [2.24, 2.45) is 0 Å². The van der Waals surface area contributed by atoms with E-state index in [9.17, 15) is 4.39 Å². The van der Waals surface area contributed by atoms with Crippen molar-refractivity contribution in [1.29, 1.82) is 0 Å². The Labute approximate surface area is 124 Å². The summed E-state index contributed by atoms with van der Waals surface area (Å²) in [5.41, 5.74) is 2.14. The molecule has 3 nitrogen and oxygen atoms in total. The Hall–Kier alpha value is -1.94. The van der Waals surface area contributed by atoms with Crippen molar-refractivity contribution >= 4 is 0 Å². The minimum absolute atomic E-state index is 0.277. The van der Waals surface area contributed by atoms with Crippen LogP contribution in [0.4, 0.5) is 4.39 Å². The lowest BCUT2D eigenvalue weighted by Crippen LogP contribution is -2.27. The third-order valence-corrected chi connectivity index (χ3v) is 3.91. The lowest BCUT2D eigenvalue weighted by Gasteiger charge is -2.24. The maximum absolute atomic E-state index is 13.6. The molecule has 0 amide bonds. The first-order chi connectivity index (χ1) is 10.3. The molecule has 0 aliphatic carbocycles. The number of benzene rings is 1. The van der Waals surface area contributed by atoms with E-state index in [1.165, 1.54) is 11.6 Å². The van der Waals surface area contributed by atoms with E-state index in [1.807, 2.05) is 6.07 Å². The molecule has 21 heavy (non-hydrogen) atoms. The van der Waals surface area contributed by atoms with Gasteiger partial charge in [-0.3, -0.25) is 4.98 Å². The van der Waals surface area contributed by atoms with Gasteiger partial charge in [-0.05, 0) is 55.6 Å². The molecule has 110 valence electrons. The lowest BCUT2D eigenvalue weighted by atomic mass is 9.89. The van der Waals surface area contributed by atoms with Gasteiger partial charge in [0.25, 0.3) is 0 Å². The molecule has 3 rings (SSSR count). The monoisotopic (exact) mass is 286 g/mol. The van der Waals surface area contributed by atoms with E-state index in [0.717, 1.165) is 31.6 Å². The molecule has 1 aromatic heterocycles. The molecule has 4 heteroatoms. The largest absolute Gasteiger partial charge is 0.484 e. The summed E-state index contributed by atoms with van der Waals surface area (Å²) < 4.78 is 19.2. The van der Waals surface area contributed by atoms with Gasteiger partial charge in [-0.25, -0.2) is 4.39 Å². The van der Waals surface area contributed by atoms with Crippen molar-refractivity contribution in [1.82, 2.24) is 10.3 Å². The molecule has 0 saturated carbocycles. The number of ether oxygens (including phenoxy) is 1. The van der Waals surface area contributed by atoms with Crippen molar-refractivity contribution < 1.29 is 9.13 Å². The van der Waals surface area contributed by atoms with Crippen LogP contribution in [0.5, 0.6) is 5.75 Å². The van der Waals surface area contributed by atoms with Crippen molar-refractivity contribution in [3.05, 3.63) is 59.7 Å². The first-order valence-electron chi connectivity index (χ1n) is 7.36. The Morgan fingerprint density at radius 1 is 1.14 bits per heavy atom. The van der Waals surface area contributed by atoms with Gasteiger partial charge in [0, 0.05) is 6.20 Å². The average Bonchev–Trinajstić information content (AvgIpc) is 2.55. The second-order valence-corrected chi connectivity index (χ2v) is 5.28. The summed E-state index contributed by atoms with van der Waals surface area (Å²) in [4.78, 5) is 4.43. The SMILES string of the molecule is Fc1ccccc1OCc1ncccc1C1CCNCC1. The average molecular weight is 286 g/mol. The quantitative estimate of drug-likeness (QED) is 0.936. The summed E-state index contributed by atoms with van der Waals surface area (Å²) in [7, 11) is 0. The molecular formula is C17H19FN2O. The minimum atomic E-state index is -0.336. The molecule has 2 heterocycles. The van der Waals surface area contributed by atoms with Crippen molar-refractivity contribution in [2.75, 3.05) is 13.1 Å². The van der Waals surface area contributed by atoms with Gasteiger partial charge in [-0.15, -0.1) is 0 Å². The minimum Gasteiger partial charge on any atom is -0.484 e. The summed E-state index contributed by atoms with van der Waals surface area (Å²) in [5.74, 6) is 0.454. The highest BCUT2D eigenvalue weighted by Crippen LogP contribution is 2.28. The normalized spacial score (nSPS) is 15.9. The topological polar surface area (TPSA) is 34.1 Å². The maximum atomic E-state index is 13.6. The summed E-state index contributed by atoms with van der Waals surface area (Å²) in [6.45, 7) is 2.38. The van der Waals surface area contributed by atoms with Gasteiger partial charge in [0.05, 0.1) is 5.69 Å². The number of nitrogens with one attached hydrogen (secondary N) is 1. The summed E-state index contributed by atoms with van der Waals surface area (Å²) >= 11 is 0. The second kappa shape index (κ2) is 6.68. The number of hydrogen-bond acceptors (Lipinski definition) is 3. The number of para-hydroxylation sites is 1. The van der Waals surface area contributed by atoms with E-state index >= 15 is 0 Å². The van der Waals surface area contributed by atoms with E-state index < -0.39 is 0 Å². The van der Waals surface area contributed by atoms with Gasteiger partial charge >= 0.3 is 0 Å². The zero-order valence-electron chi connectivity index (χ0n) is 11.9. The van der Waals surface area contributed by atoms with Gasteiger partial charge in [0.1, 0.15) is 6.61 Å². The molecular weight excluding hydrogens is 267 g/mol. The molecule has 1 saturated heterocycles. The first kappa shape index (κ1) is 14.0. The van der Waals surface area contributed by atoms with Gasteiger partial charge in [-0.1, -0.05) is 18.2 Å². The molecule has 1 aliphatic heterocycles. The highest BCUT2D eigenvalue weighted by atomic mass is 19.1. The van der Waals surface area contributed by atoms with E-state index in [-0.39, 0.29) is 11.6 Å². The first-order valence-corrected chi connectivity index (χ1v) is 7.36. The van der Waals surface area contributed by atoms with Gasteiger partial charge in [-0.2, -0.15) is 0 Å². The molecule has 0 radical (unpaired) electrons. The summed E-state index contributed by atoms with van der Waals surface area (Å²) in [6, 6.07) is 10.5. The Balaban J connectivity index is 1.74. The van der Waals surface area contributed by atoms with E-state index in [1.54, 1.807) is 24.4 Å². The smallest absolute Gasteiger partial charge is 0.165 e. The van der Waals surface area contributed by atoms with Crippen LogP contribution in [0.25, 0.3) is 0 Å². The van der Waals surface area contributed by atoms with Gasteiger partial charge in [0.15, 0.2) is 11.6 Å². The van der Waals surface area contributed by atoms with Crippen molar-refractivity contribution in [2.45, 2.75) is 25.4 Å². The molecule has 1 aliphatic rings. The maximum Gasteiger partial charge on any atom is 0.165 e. The number of hydrogen-bond donors (Lipinski definition) is 1. The van der Waals surface area contributed by atoms with Gasteiger partial charge in [0.2, 0.25) is 0 Å². The third-order valence-electron chi connectivity index (χ3n) is 3.91. The number of piperidine rings is 1. The molecule has 0 bridgehead atoms. The third kappa shape index (κ3) is 3.39. The number of aromatic nitrogens is 1. The molecule has 0 spiro atoms. The zero-order valence-corrected chi connectivity index (χ0v) is 11.9.